The molecule has 1 unspecified atom stereocenters. The van der Waals surface area contributed by atoms with Crippen LogP contribution in [0.15, 0.2) is 47.2 Å². The fourth-order valence-corrected chi connectivity index (χ4v) is 3.38. The third kappa shape index (κ3) is 5.82. The topological polar surface area (TPSA) is 109 Å². The molecular formula is C23H26N4O5. The van der Waals surface area contributed by atoms with Gasteiger partial charge in [0, 0.05) is 44.0 Å². The molecule has 0 radical (unpaired) electrons. The number of nitrogens with one attached hydrogen (secondary N) is 1. The smallest absolute Gasteiger partial charge is 0.227 e. The molecule has 0 saturated carbocycles. The number of aryl methyl sites for hydroxylation is 1. The van der Waals surface area contributed by atoms with Gasteiger partial charge in [-0.1, -0.05) is 11.2 Å². The summed E-state index contributed by atoms with van der Waals surface area (Å²) in [6.07, 6.45) is 6.17. The van der Waals surface area contributed by atoms with Crippen molar-refractivity contribution in [3.05, 3.63) is 54.2 Å². The highest BCUT2D eigenvalue weighted by Crippen LogP contribution is 2.29. The summed E-state index contributed by atoms with van der Waals surface area (Å²) in [5.41, 5.74) is 1.68. The predicted octanol–water partition coefficient (Wildman–Crippen LogP) is 2.95. The van der Waals surface area contributed by atoms with Crippen LogP contribution in [0.1, 0.15) is 30.7 Å². The zero-order valence-corrected chi connectivity index (χ0v) is 18.0. The van der Waals surface area contributed by atoms with Crippen LogP contribution in [0, 0.1) is 0 Å². The Bertz CT molecular complexity index is 1020. The number of hydrogen-bond acceptors (Lipinski definition) is 8. The van der Waals surface area contributed by atoms with Crippen molar-refractivity contribution in [2.24, 2.45) is 0 Å². The summed E-state index contributed by atoms with van der Waals surface area (Å²) >= 11 is 0. The molecule has 1 aromatic carbocycles. The van der Waals surface area contributed by atoms with Gasteiger partial charge in [0.2, 0.25) is 17.6 Å². The fraction of sp³-hybridized carbons (Fsp3) is 0.391. The van der Waals surface area contributed by atoms with Crippen molar-refractivity contribution >= 4 is 5.91 Å². The van der Waals surface area contributed by atoms with Crippen LogP contribution in [-0.2, 0) is 22.5 Å². The molecular weight excluding hydrogens is 412 g/mol. The SMILES string of the molecule is COc1cc(CNC(=O)CCc2nc(-c3cccnc3)no2)ccc1OCC1CCCO1. The average molecular weight is 438 g/mol. The molecule has 0 bridgehead atoms. The van der Waals surface area contributed by atoms with Gasteiger partial charge >= 0.3 is 0 Å². The van der Waals surface area contributed by atoms with Crippen LogP contribution in [0.3, 0.4) is 0 Å². The first kappa shape index (κ1) is 21.8. The first-order chi connectivity index (χ1) is 15.7. The van der Waals surface area contributed by atoms with Crippen molar-refractivity contribution in [3.63, 3.8) is 0 Å². The molecule has 1 N–H and O–H groups in total. The highest BCUT2D eigenvalue weighted by Gasteiger charge is 2.17. The molecule has 4 rings (SSSR count). The zero-order valence-electron chi connectivity index (χ0n) is 18.0. The van der Waals surface area contributed by atoms with Gasteiger partial charge < -0.3 is 24.1 Å². The van der Waals surface area contributed by atoms with E-state index in [-0.39, 0.29) is 18.4 Å². The maximum absolute atomic E-state index is 12.3. The summed E-state index contributed by atoms with van der Waals surface area (Å²) in [4.78, 5) is 20.6. The number of rotatable bonds is 10. The van der Waals surface area contributed by atoms with Crippen molar-refractivity contribution in [1.82, 2.24) is 20.4 Å². The number of benzene rings is 1. The first-order valence-electron chi connectivity index (χ1n) is 10.6. The van der Waals surface area contributed by atoms with E-state index in [9.17, 15) is 4.79 Å². The van der Waals surface area contributed by atoms with Crippen LogP contribution in [0.4, 0.5) is 0 Å². The minimum Gasteiger partial charge on any atom is -0.493 e. The Morgan fingerprint density at radius 3 is 3.00 bits per heavy atom. The lowest BCUT2D eigenvalue weighted by atomic mass is 10.2. The molecule has 2 aromatic heterocycles. The number of amides is 1. The quantitative estimate of drug-likeness (QED) is 0.515. The van der Waals surface area contributed by atoms with E-state index in [1.54, 1.807) is 25.6 Å². The van der Waals surface area contributed by atoms with Crippen molar-refractivity contribution in [2.45, 2.75) is 38.3 Å². The summed E-state index contributed by atoms with van der Waals surface area (Å²) < 4.78 is 22.1. The summed E-state index contributed by atoms with van der Waals surface area (Å²) in [5.74, 6) is 2.06. The minimum absolute atomic E-state index is 0.108. The van der Waals surface area contributed by atoms with Crippen LogP contribution >= 0.6 is 0 Å². The van der Waals surface area contributed by atoms with E-state index in [0.29, 0.717) is 42.8 Å². The molecule has 1 fully saturated rings. The molecule has 1 atom stereocenters. The van der Waals surface area contributed by atoms with E-state index in [4.69, 9.17) is 18.7 Å². The molecule has 168 valence electrons. The van der Waals surface area contributed by atoms with Crippen LogP contribution in [-0.4, -0.2) is 47.5 Å². The maximum atomic E-state index is 12.3. The molecule has 1 aliphatic heterocycles. The monoisotopic (exact) mass is 438 g/mol. The second-order valence-corrected chi connectivity index (χ2v) is 7.46. The second-order valence-electron chi connectivity index (χ2n) is 7.46. The molecule has 1 amide bonds. The Hall–Kier alpha value is -3.46. The fourth-order valence-electron chi connectivity index (χ4n) is 3.38. The lowest BCUT2D eigenvalue weighted by Gasteiger charge is -2.15. The van der Waals surface area contributed by atoms with Gasteiger partial charge in [0.05, 0.1) is 13.2 Å². The normalized spacial score (nSPS) is 15.5. The largest absolute Gasteiger partial charge is 0.493 e. The van der Waals surface area contributed by atoms with E-state index >= 15 is 0 Å². The van der Waals surface area contributed by atoms with Gasteiger partial charge in [-0.25, -0.2) is 0 Å². The summed E-state index contributed by atoms with van der Waals surface area (Å²) in [6, 6.07) is 9.28. The van der Waals surface area contributed by atoms with Gasteiger partial charge in [0.1, 0.15) is 6.61 Å². The van der Waals surface area contributed by atoms with E-state index in [0.717, 1.165) is 30.6 Å². The standard InChI is InChI=1S/C23H26N4O5/c1-29-20-12-16(6-7-19(20)31-15-18-5-3-11-30-18)13-25-21(28)8-9-22-26-23(27-32-22)17-4-2-10-24-14-17/h2,4,6-7,10,12,14,18H,3,5,8-9,11,13,15H2,1H3,(H,25,28). The van der Waals surface area contributed by atoms with E-state index in [2.05, 4.69) is 20.4 Å². The maximum Gasteiger partial charge on any atom is 0.227 e. The van der Waals surface area contributed by atoms with Gasteiger partial charge in [-0.05, 0) is 42.7 Å². The number of ether oxygens (including phenoxy) is 3. The van der Waals surface area contributed by atoms with Crippen LogP contribution < -0.4 is 14.8 Å². The number of nitrogens with zero attached hydrogens (tertiary/aromatic N) is 3. The molecule has 0 spiro atoms. The molecule has 0 aliphatic carbocycles. The van der Waals surface area contributed by atoms with E-state index in [1.807, 2.05) is 24.3 Å². The van der Waals surface area contributed by atoms with Gasteiger partial charge in [-0.2, -0.15) is 4.98 Å². The van der Waals surface area contributed by atoms with Gasteiger partial charge in [0.25, 0.3) is 0 Å². The Morgan fingerprint density at radius 1 is 1.28 bits per heavy atom. The molecule has 1 aliphatic rings. The summed E-state index contributed by atoms with van der Waals surface area (Å²) in [5, 5.41) is 6.83. The zero-order chi connectivity index (χ0) is 22.2. The number of carbonyl (C=O) groups is 1. The Morgan fingerprint density at radius 2 is 2.22 bits per heavy atom. The van der Waals surface area contributed by atoms with Crippen LogP contribution in [0.5, 0.6) is 11.5 Å². The lowest BCUT2D eigenvalue weighted by Crippen LogP contribution is -2.23. The van der Waals surface area contributed by atoms with Gasteiger partial charge in [0.15, 0.2) is 11.5 Å². The molecule has 1 saturated heterocycles. The third-order valence-corrected chi connectivity index (χ3v) is 5.12. The van der Waals surface area contributed by atoms with Crippen molar-refractivity contribution in [3.8, 4) is 22.9 Å². The highest BCUT2D eigenvalue weighted by molar-refractivity contribution is 5.76. The van der Waals surface area contributed by atoms with Gasteiger partial charge in [-0.15, -0.1) is 0 Å². The van der Waals surface area contributed by atoms with E-state index in [1.165, 1.54) is 0 Å². The minimum atomic E-state index is -0.108. The third-order valence-electron chi connectivity index (χ3n) is 5.12. The number of pyridine rings is 1. The molecule has 9 heteroatoms. The number of carbonyl (C=O) groups excluding carboxylic acids is 1. The van der Waals surface area contributed by atoms with E-state index < -0.39 is 0 Å². The average Bonchev–Trinajstić information content (AvgIpc) is 3.53. The Kier molecular flexibility index (Phi) is 7.29. The molecule has 3 aromatic rings. The van der Waals surface area contributed by atoms with Crippen molar-refractivity contribution in [1.29, 1.82) is 0 Å². The summed E-state index contributed by atoms with van der Waals surface area (Å²) in [6.45, 7) is 1.68. The molecule has 3 heterocycles. The Balaban J connectivity index is 1.24. The van der Waals surface area contributed by atoms with Crippen molar-refractivity contribution < 1.29 is 23.5 Å². The lowest BCUT2D eigenvalue weighted by molar-refractivity contribution is -0.121. The van der Waals surface area contributed by atoms with Crippen LogP contribution in [0.2, 0.25) is 0 Å². The predicted molar refractivity (Wildman–Crippen MR) is 115 cm³/mol. The molecule has 32 heavy (non-hydrogen) atoms. The number of methoxy groups -OCH3 is 1. The summed E-state index contributed by atoms with van der Waals surface area (Å²) in [7, 11) is 1.60. The highest BCUT2D eigenvalue weighted by atomic mass is 16.5. The Labute approximate surface area is 186 Å². The molecule has 9 nitrogen and oxygen atoms in total. The van der Waals surface area contributed by atoms with Crippen LogP contribution in [0.25, 0.3) is 11.4 Å². The van der Waals surface area contributed by atoms with Gasteiger partial charge in [-0.3, -0.25) is 9.78 Å². The number of hydrogen-bond donors (Lipinski definition) is 1. The number of aromatic nitrogens is 3. The second kappa shape index (κ2) is 10.7. The first-order valence-corrected chi connectivity index (χ1v) is 10.6. The van der Waals surface area contributed by atoms with Crippen molar-refractivity contribution in [2.75, 3.05) is 20.3 Å².